The SMILES string of the molecule is Cc1ccccc1C1CNNC1C1CCN(C(=O)CCc2nc(N)n[nH]2)CC1. The molecule has 1 aromatic carbocycles. The molecule has 2 aromatic rings. The van der Waals surface area contributed by atoms with Gasteiger partial charge in [-0.2, -0.15) is 4.98 Å². The van der Waals surface area contributed by atoms with Crippen LogP contribution in [0.4, 0.5) is 5.95 Å². The highest BCUT2D eigenvalue weighted by atomic mass is 16.2. The third kappa shape index (κ3) is 4.02. The van der Waals surface area contributed by atoms with E-state index in [0.29, 0.717) is 36.5 Å². The van der Waals surface area contributed by atoms with E-state index >= 15 is 0 Å². The number of hydrogen-bond donors (Lipinski definition) is 4. The van der Waals surface area contributed by atoms with Crippen LogP contribution in [0.5, 0.6) is 0 Å². The van der Waals surface area contributed by atoms with Gasteiger partial charge in [0, 0.05) is 44.4 Å². The van der Waals surface area contributed by atoms with Gasteiger partial charge in [0.15, 0.2) is 0 Å². The highest BCUT2D eigenvalue weighted by Gasteiger charge is 2.37. The summed E-state index contributed by atoms with van der Waals surface area (Å²) in [6, 6.07) is 9.07. The zero-order chi connectivity index (χ0) is 19.5. The molecule has 2 atom stereocenters. The molecule has 8 heteroatoms. The van der Waals surface area contributed by atoms with Gasteiger partial charge in [-0.3, -0.25) is 20.7 Å². The lowest BCUT2D eigenvalue weighted by Crippen LogP contribution is -2.45. The van der Waals surface area contributed by atoms with Crippen LogP contribution in [0.15, 0.2) is 24.3 Å². The molecule has 0 radical (unpaired) electrons. The molecule has 0 saturated carbocycles. The molecular weight excluding hydrogens is 354 g/mol. The summed E-state index contributed by atoms with van der Waals surface area (Å²) in [6.45, 7) is 4.78. The van der Waals surface area contributed by atoms with Gasteiger partial charge in [0.2, 0.25) is 11.9 Å². The number of nitrogen functional groups attached to an aromatic ring is 1. The van der Waals surface area contributed by atoms with Crippen molar-refractivity contribution < 1.29 is 4.79 Å². The van der Waals surface area contributed by atoms with E-state index in [4.69, 9.17) is 5.73 Å². The largest absolute Gasteiger partial charge is 0.367 e. The van der Waals surface area contributed by atoms with Crippen molar-refractivity contribution >= 4 is 11.9 Å². The number of H-pyrrole nitrogens is 1. The van der Waals surface area contributed by atoms with Crippen molar-refractivity contribution in [3.63, 3.8) is 0 Å². The van der Waals surface area contributed by atoms with E-state index < -0.39 is 0 Å². The molecule has 1 amide bonds. The Kier molecular flexibility index (Phi) is 5.59. The number of hydrogen-bond acceptors (Lipinski definition) is 6. The maximum absolute atomic E-state index is 12.5. The number of aromatic nitrogens is 3. The predicted molar refractivity (Wildman–Crippen MR) is 107 cm³/mol. The number of benzene rings is 1. The fraction of sp³-hybridized carbons (Fsp3) is 0.550. The van der Waals surface area contributed by atoms with Crippen LogP contribution in [0.2, 0.25) is 0 Å². The average Bonchev–Trinajstić information content (AvgIpc) is 3.36. The van der Waals surface area contributed by atoms with Crippen molar-refractivity contribution in [2.75, 3.05) is 25.4 Å². The summed E-state index contributed by atoms with van der Waals surface area (Å²) in [5, 5.41) is 6.56. The van der Waals surface area contributed by atoms with Gasteiger partial charge in [0.25, 0.3) is 0 Å². The second-order valence-corrected chi connectivity index (χ2v) is 7.87. The van der Waals surface area contributed by atoms with Gasteiger partial charge in [-0.05, 0) is 36.8 Å². The standard InChI is InChI=1S/C20H29N7O/c1-13-4-2-3-5-15(13)16-12-22-25-19(16)14-8-10-27(11-9-14)18(28)7-6-17-23-20(21)26-24-17/h2-5,14,16,19,22,25H,6-12H2,1H3,(H3,21,23,24,26). The van der Waals surface area contributed by atoms with Crippen molar-refractivity contribution in [3.05, 3.63) is 41.2 Å². The molecule has 2 saturated heterocycles. The number of anilines is 1. The van der Waals surface area contributed by atoms with E-state index in [1.165, 1.54) is 11.1 Å². The van der Waals surface area contributed by atoms with Crippen LogP contribution in [-0.2, 0) is 11.2 Å². The van der Waals surface area contributed by atoms with Gasteiger partial charge >= 0.3 is 0 Å². The number of likely N-dealkylation sites (tertiary alicyclic amines) is 1. The Hall–Kier alpha value is -2.45. The molecule has 2 aliphatic rings. The number of piperidine rings is 1. The molecule has 2 fully saturated rings. The summed E-state index contributed by atoms with van der Waals surface area (Å²) >= 11 is 0. The highest BCUT2D eigenvalue weighted by Crippen LogP contribution is 2.33. The molecule has 3 heterocycles. The molecule has 28 heavy (non-hydrogen) atoms. The highest BCUT2D eigenvalue weighted by molar-refractivity contribution is 5.76. The molecule has 0 aliphatic carbocycles. The van der Waals surface area contributed by atoms with Crippen molar-refractivity contribution in [1.82, 2.24) is 30.9 Å². The molecule has 5 N–H and O–H groups in total. The molecule has 2 aliphatic heterocycles. The summed E-state index contributed by atoms with van der Waals surface area (Å²) in [6.07, 6.45) is 3.05. The summed E-state index contributed by atoms with van der Waals surface area (Å²) < 4.78 is 0. The van der Waals surface area contributed by atoms with Crippen molar-refractivity contribution in [2.45, 2.75) is 44.6 Å². The first kappa shape index (κ1) is 18.9. The van der Waals surface area contributed by atoms with E-state index in [0.717, 1.165) is 32.5 Å². The van der Waals surface area contributed by atoms with Crippen LogP contribution in [0.1, 0.15) is 42.1 Å². The maximum Gasteiger partial charge on any atom is 0.239 e. The first-order chi connectivity index (χ1) is 13.6. The van der Waals surface area contributed by atoms with Crippen molar-refractivity contribution in [1.29, 1.82) is 0 Å². The molecule has 8 nitrogen and oxygen atoms in total. The summed E-state index contributed by atoms with van der Waals surface area (Å²) in [4.78, 5) is 18.6. The molecule has 1 aromatic heterocycles. The van der Waals surface area contributed by atoms with E-state index in [1.807, 2.05) is 4.90 Å². The lowest BCUT2D eigenvalue weighted by Gasteiger charge is -2.36. The lowest BCUT2D eigenvalue weighted by molar-refractivity contribution is -0.132. The fourth-order valence-corrected chi connectivity index (χ4v) is 4.58. The van der Waals surface area contributed by atoms with Gasteiger partial charge in [-0.25, -0.2) is 0 Å². The normalized spacial score (nSPS) is 23.2. The second kappa shape index (κ2) is 8.28. The Morgan fingerprint density at radius 3 is 2.79 bits per heavy atom. The Bertz CT molecular complexity index is 812. The second-order valence-electron chi connectivity index (χ2n) is 7.87. The van der Waals surface area contributed by atoms with Crippen LogP contribution in [-0.4, -0.2) is 51.7 Å². The summed E-state index contributed by atoms with van der Waals surface area (Å²) in [5.74, 6) is 2.12. The van der Waals surface area contributed by atoms with E-state index in [9.17, 15) is 4.79 Å². The third-order valence-corrected chi connectivity index (χ3v) is 6.14. The Morgan fingerprint density at radius 2 is 2.07 bits per heavy atom. The average molecular weight is 384 g/mol. The number of amides is 1. The number of carbonyl (C=O) groups is 1. The smallest absolute Gasteiger partial charge is 0.239 e. The Morgan fingerprint density at radius 1 is 1.29 bits per heavy atom. The van der Waals surface area contributed by atoms with Gasteiger partial charge < -0.3 is 10.6 Å². The molecule has 0 bridgehead atoms. The van der Waals surface area contributed by atoms with E-state index in [-0.39, 0.29) is 11.9 Å². The number of aryl methyl sites for hydroxylation is 2. The van der Waals surface area contributed by atoms with Crippen molar-refractivity contribution in [2.24, 2.45) is 5.92 Å². The minimum Gasteiger partial charge on any atom is -0.367 e. The van der Waals surface area contributed by atoms with Crippen LogP contribution in [0, 0.1) is 12.8 Å². The molecule has 4 rings (SSSR count). The topological polar surface area (TPSA) is 112 Å². The van der Waals surface area contributed by atoms with Gasteiger partial charge in [-0.1, -0.05) is 24.3 Å². The first-order valence-electron chi connectivity index (χ1n) is 10.1. The van der Waals surface area contributed by atoms with Crippen molar-refractivity contribution in [3.8, 4) is 0 Å². The van der Waals surface area contributed by atoms with E-state index in [2.05, 4.69) is 57.2 Å². The third-order valence-electron chi connectivity index (χ3n) is 6.14. The number of nitrogens with two attached hydrogens (primary N) is 1. The minimum atomic E-state index is 0.182. The lowest BCUT2D eigenvalue weighted by atomic mass is 9.79. The van der Waals surface area contributed by atoms with Crippen LogP contribution >= 0.6 is 0 Å². The summed E-state index contributed by atoms with van der Waals surface area (Å²) in [7, 11) is 0. The van der Waals surface area contributed by atoms with Crippen LogP contribution in [0.25, 0.3) is 0 Å². The van der Waals surface area contributed by atoms with E-state index in [1.54, 1.807) is 0 Å². The molecular formula is C20H29N7O. The Balaban J connectivity index is 1.31. The number of rotatable bonds is 5. The number of aromatic amines is 1. The van der Waals surface area contributed by atoms with Gasteiger partial charge in [0.1, 0.15) is 5.82 Å². The predicted octanol–water partition coefficient (Wildman–Crippen LogP) is 1.13. The monoisotopic (exact) mass is 383 g/mol. The number of nitrogens with one attached hydrogen (secondary N) is 3. The summed E-state index contributed by atoms with van der Waals surface area (Å²) in [5.41, 5.74) is 15.2. The quantitative estimate of drug-likeness (QED) is 0.616. The fourth-order valence-electron chi connectivity index (χ4n) is 4.58. The van der Waals surface area contributed by atoms with Gasteiger partial charge in [0.05, 0.1) is 0 Å². The molecule has 150 valence electrons. The zero-order valence-electron chi connectivity index (χ0n) is 16.3. The van der Waals surface area contributed by atoms with Gasteiger partial charge in [-0.15, -0.1) is 5.10 Å². The Labute approximate surface area is 165 Å². The molecule has 2 unspecified atom stereocenters. The molecule has 0 spiro atoms. The zero-order valence-corrected chi connectivity index (χ0v) is 16.3. The number of carbonyl (C=O) groups excluding carboxylic acids is 1. The van der Waals surface area contributed by atoms with Crippen LogP contribution in [0.3, 0.4) is 0 Å². The van der Waals surface area contributed by atoms with Crippen LogP contribution < -0.4 is 16.6 Å². The maximum atomic E-state index is 12.5. The minimum absolute atomic E-state index is 0.182. The number of hydrazine groups is 1. The number of nitrogens with zero attached hydrogens (tertiary/aromatic N) is 3. The first-order valence-corrected chi connectivity index (χ1v) is 10.1.